The highest BCUT2D eigenvalue weighted by Gasteiger charge is 2.31. The Bertz CT molecular complexity index is 1180. The molecular formula is C25H32FN3O5. The van der Waals surface area contributed by atoms with Crippen molar-refractivity contribution in [2.75, 3.05) is 24.5 Å². The van der Waals surface area contributed by atoms with Gasteiger partial charge in [-0.2, -0.15) is 0 Å². The number of carboxylic acids is 1. The number of ether oxygens (including phenoxy) is 1. The Morgan fingerprint density at radius 2 is 1.97 bits per heavy atom. The predicted octanol–water partition coefficient (Wildman–Crippen LogP) is 4.16. The van der Waals surface area contributed by atoms with Crippen LogP contribution in [0.2, 0.25) is 0 Å². The lowest BCUT2D eigenvalue weighted by Crippen LogP contribution is -2.36. The van der Waals surface area contributed by atoms with Crippen LogP contribution in [0, 0.1) is 17.7 Å². The van der Waals surface area contributed by atoms with Crippen molar-refractivity contribution >= 4 is 28.7 Å². The number of aromatic carboxylic acids is 1. The molecule has 1 saturated heterocycles. The largest absolute Gasteiger partial charge is 0.477 e. The van der Waals surface area contributed by atoms with Crippen LogP contribution in [0.5, 0.6) is 0 Å². The van der Waals surface area contributed by atoms with Gasteiger partial charge in [-0.1, -0.05) is 6.92 Å². The van der Waals surface area contributed by atoms with Crippen LogP contribution in [-0.4, -0.2) is 47.0 Å². The number of fused-ring (bicyclic) bond motifs is 1. The second-order valence-electron chi connectivity index (χ2n) is 10.5. The maximum Gasteiger partial charge on any atom is 0.407 e. The molecule has 34 heavy (non-hydrogen) atoms. The van der Waals surface area contributed by atoms with E-state index < -0.39 is 28.9 Å². The van der Waals surface area contributed by atoms with E-state index in [0.29, 0.717) is 30.8 Å². The maximum atomic E-state index is 15.2. The van der Waals surface area contributed by atoms with Gasteiger partial charge >= 0.3 is 12.1 Å². The number of halogens is 1. The minimum atomic E-state index is -1.30. The number of amides is 1. The summed E-state index contributed by atoms with van der Waals surface area (Å²) in [6.45, 7) is 9.25. The highest BCUT2D eigenvalue weighted by Crippen LogP contribution is 2.39. The van der Waals surface area contributed by atoms with E-state index in [1.54, 1.807) is 6.07 Å². The Balaban J connectivity index is 1.53. The summed E-state index contributed by atoms with van der Waals surface area (Å²) < 4.78 is 22.3. The number of carbonyl (C=O) groups excluding carboxylic acids is 1. The lowest BCUT2D eigenvalue weighted by Gasteiger charge is -2.24. The van der Waals surface area contributed by atoms with E-state index in [4.69, 9.17) is 4.74 Å². The fraction of sp³-hybridized carbons (Fsp3) is 0.560. The molecule has 0 radical (unpaired) electrons. The van der Waals surface area contributed by atoms with Gasteiger partial charge in [-0.15, -0.1) is 0 Å². The van der Waals surface area contributed by atoms with Gasteiger partial charge in [-0.3, -0.25) is 4.79 Å². The SMILES string of the molecule is CC(CNC(=O)OC(C)(C)C)C1CCN(c2cc3c(cc2F)c(=O)c(C(=O)O)cn3C2CC2)C1. The van der Waals surface area contributed by atoms with Crippen molar-refractivity contribution in [2.24, 2.45) is 11.8 Å². The zero-order chi connectivity index (χ0) is 24.8. The van der Waals surface area contributed by atoms with Gasteiger partial charge in [-0.25, -0.2) is 14.0 Å². The summed E-state index contributed by atoms with van der Waals surface area (Å²) in [6.07, 6.45) is 3.59. The molecule has 2 aliphatic rings. The molecule has 1 aromatic heterocycles. The van der Waals surface area contributed by atoms with Crippen LogP contribution in [0.25, 0.3) is 10.9 Å². The third-order valence-corrected chi connectivity index (χ3v) is 6.61. The average Bonchev–Trinajstić information content (AvgIpc) is 3.46. The fourth-order valence-electron chi connectivity index (χ4n) is 4.60. The first-order chi connectivity index (χ1) is 15.9. The highest BCUT2D eigenvalue weighted by atomic mass is 19.1. The number of nitrogens with zero attached hydrogens (tertiary/aromatic N) is 2. The predicted molar refractivity (Wildman–Crippen MR) is 127 cm³/mol. The smallest absolute Gasteiger partial charge is 0.407 e. The monoisotopic (exact) mass is 473 g/mol. The molecule has 1 aliphatic carbocycles. The summed E-state index contributed by atoms with van der Waals surface area (Å²) in [5.41, 5.74) is -0.571. The molecule has 4 rings (SSSR count). The van der Waals surface area contributed by atoms with Gasteiger partial charge in [0, 0.05) is 37.3 Å². The molecule has 0 spiro atoms. The lowest BCUT2D eigenvalue weighted by atomic mass is 9.93. The summed E-state index contributed by atoms with van der Waals surface area (Å²) in [7, 11) is 0. The van der Waals surface area contributed by atoms with Crippen molar-refractivity contribution in [3.8, 4) is 0 Å². The third-order valence-electron chi connectivity index (χ3n) is 6.61. The lowest BCUT2D eigenvalue weighted by molar-refractivity contribution is 0.0515. The molecule has 1 aromatic carbocycles. The van der Waals surface area contributed by atoms with E-state index in [2.05, 4.69) is 12.2 Å². The van der Waals surface area contributed by atoms with E-state index in [1.807, 2.05) is 30.2 Å². The second kappa shape index (κ2) is 8.92. The zero-order valence-electron chi connectivity index (χ0n) is 20.1. The number of nitrogens with one attached hydrogen (secondary N) is 1. The van der Waals surface area contributed by atoms with Gasteiger partial charge in [0.2, 0.25) is 5.43 Å². The number of carboxylic acid groups (broad SMARTS) is 1. The van der Waals surface area contributed by atoms with Gasteiger partial charge in [0.05, 0.1) is 11.2 Å². The summed E-state index contributed by atoms with van der Waals surface area (Å²) in [5.74, 6) is -1.41. The van der Waals surface area contributed by atoms with E-state index in [1.165, 1.54) is 12.3 Å². The van der Waals surface area contributed by atoms with Crippen molar-refractivity contribution in [3.63, 3.8) is 0 Å². The van der Waals surface area contributed by atoms with Crippen LogP contribution in [0.1, 0.15) is 63.4 Å². The molecule has 2 fully saturated rings. The van der Waals surface area contributed by atoms with Crippen LogP contribution in [-0.2, 0) is 4.74 Å². The van der Waals surface area contributed by atoms with Crippen molar-refractivity contribution in [1.82, 2.24) is 9.88 Å². The van der Waals surface area contributed by atoms with E-state index in [0.717, 1.165) is 19.3 Å². The summed E-state index contributed by atoms with van der Waals surface area (Å²) >= 11 is 0. The number of alkyl carbamates (subject to hydrolysis) is 1. The third kappa shape index (κ3) is 5.03. The van der Waals surface area contributed by atoms with Gasteiger partial charge in [0.15, 0.2) is 0 Å². The van der Waals surface area contributed by atoms with Crippen LogP contribution < -0.4 is 15.6 Å². The van der Waals surface area contributed by atoms with E-state index >= 15 is 4.39 Å². The standard InChI is InChI=1S/C25H32FN3O5/c1-14(11-27-24(33)34-25(2,3)4)15-7-8-28(12-15)21-10-20-17(9-19(21)26)22(30)18(23(31)32)13-29(20)16-5-6-16/h9-10,13-16H,5-8,11-12H2,1-4H3,(H,27,33)(H,31,32). The van der Waals surface area contributed by atoms with E-state index in [9.17, 15) is 19.5 Å². The Morgan fingerprint density at radius 3 is 2.59 bits per heavy atom. The molecule has 9 heteroatoms. The number of aromatic nitrogens is 1. The first kappa shape index (κ1) is 24.0. The number of pyridine rings is 1. The van der Waals surface area contributed by atoms with Gasteiger partial charge < -0.3 is 24.6 Å². The summed E-state index contributed by atoms with van der Waals surface area (Å²) in [4.78, 5) is 38.2. The van der Waals surface area contributed by atoms with Crippen molar-refractivity contribution in [1.29, 1.82) is 0 Å². The quantitative estimate of drug-likeness (QED) is 0.653. The topological polar surface area (TPSA) is 101 Å². The van der Waals surface area contributed by atoms with Crippen LogP contribution in [0.15, 0.2) is 23.1 Å². The molecular weight excluding hydrogens is 441 g/mol. The minimum absolute atomic E-state index is 0.0960. The van der Waals surface area contributed by atoms with Crippen molar-refractivity contribution < 1.29 is 23.8 Å². The molecule has 2 unspecified atom stereocenters. The summed E-state index contributed by atoms with van der Waals surface area (Å²) in [6, 6.07) is 2.99. The number of benzene rings is 1. The van der Waals surface area contributed by atoms with Crippen LogP contribution in [0.4, 0.5) is 14.9 Å². The molecule has 2 N–H and O–H groups in total. The molecule has 2 aromatic rings. The molecule has 1 aliphatic heterocycles. The zero-order valence-corrected chi connectivity index (χ0v) is 20.1. The molecule has 1 saturated carbocycles. The number of rotatable bonds is 6. The molecule has 0 bridgehead atoms. The second-order valence-corrected chi connectivity index (χ2v) is 10.5. The average molecular weight is 474 g/mol. The minimum Gasteiger partial charge on any atom is -0.477 e. The first-order valence-corrected chi connectivity index (χ1v) is 11.8. The van der Waals surface area contributed by atoms with Crippen molar-refractivity contribution in [2.45, 2.75) is 58.6 Å². The number of hydrogen-bond acceptors (Lipinski definition) is 5. The number of carbonyl (C=O) groups is 2. The molecule has 2 atom stereocenters. The van der Waals surface area contributed by atoms with Crippen molar-refractivity contribution in [3.05, 3.63) is 39.9 Å². The van der Waals surface area contributed by atoms with Crippen LogP contribution in [0.3, 0.4) is 0 Å². The highest BCUT2D eigenvalue weighted by molar-refractivity contribution is 5.93. The van der Waals surface area contributed by atoms with Gasteiger partial charge in [0.1, 0.15) is 17.0 Å². The van der Waals surface area contributed by atoms with Crippen LogP contribution >= 0.6 is 0 Å². The van der Waals surface area contributed by atoms with Gasteiger partial charge in [-0.05, 0) is 64.0 Å². The summed E-state index contributed by atoms with van der Waals surface area (Å²) in [5, 5.41) is 12.3. The first-order valence-electron chi connectivity index (χ1n) is 11.8. The number of hydrogen-bond donors (Lipinski definition) is 2. The molecule has 184 valence electrons. The Hall–Kier alpha value is -3.10. The molecule has 1 amide bonds. The fourth-order valence-corrected chi connectivity index (χ4v) is 4.60. The van der Waals surface area contributed by atoms with Gasteiger partial charge in [0.25, 0.3) is 0 Å². The Morgan fingerprint density at radius 1 is 1.26 bits per heavy atom. The Kier molecular flexibility index (Phi) is 6.31. The number of anilines is 1. The normalized spacial score (nSPS) is 19.3. The Labute approximate surface area is 197 Å². The molecule has 2 heterocycles. The maximum absolute atomic E-state index is 15.2. The molecule has 8 nitrogen and oxygen atoms in total. The van der Waals surface area contributed by atoms with E-state index in [-0.39, 0.29) is 28.8 Å².